The number of hydrogen-bond donors (Lipinski definition) is 2. The summed E-state index contributed by atoms with van der Waals surface area (Å²) in [4.78, 5) is 40.7. The van der Waals surface area contributed by atoms with Gasteiger partial charge in [-0.2, -0.15) is 0 Å². The molecule has 2 atom stereocenters. The minimum Gasteiger partial charge on any atom is -0.491 e. The number of pyridine rings is 1. The molecule has 2 amide bonds. The number of rotatable bonds is 5. The van der Waals surface area contributed by atoms with Gasteiger partial charge in [0.1, 0.15) is 35.3 Å². The Morgan fingerprint density at radius 2 is 1.88 bits per heavy atom. The molecule has 0 spiro atoms. The predicted molar refractivity (Wildman–Crippen MR) is 109 cm³/mol. The van der Waals surface area contributed by atoms with E-state index in [1.165, 1.54) is 16.7 Å². The van der Waals surface area contributed by atoms with Crippen molar-refractivity contribution in [3.63, 3.8) is 0 Å². The van der Waals surface area contributed by atoms with Crippen LogP contribution in [0.25, 0.3) is 0 Å². The average molecular weight is 466 g/mol. The first-order valence-corrected chi connectivity index (χ1v) is 10.2. The number of carbonyl (C=O) groups is 2. The first-order valence-electron chi connectivity index (χ1n) is 10.2. The maximum atomic E-state index is 14.0. The molecule has 12 heteroatoms. The van der Waals surface area contributed by atoms with E-state index >= 15 is 0 Å². The highest BCUT2D eigenvalue weighted by Crippen LogP contribution is 2.35. The monoisotopic (exact) mass is 466 g/mol. The molecule has 0 bridgehead atoms. The minimum atomic E-state index is -1.30. The van der Waals surface area contributed by atoms with Gasteiger partial charge in [-0.15, -0.1) is 0 Å². The number of aliphatic hydroxyl groups excluding tert-OH is 1. The molecule has 1 aromatic carbocycles. The number of amides is 2. The second-order valence-electron chi connectivity index (χ2n) is 7.67. The van der Waals surface area contributed by atoms with Gasteiger partial charge in [0, 0.05) is 30.8 Å². The molecule has 4 rings (SSSR count). The van der Waals surface area contributed by atoms with Crippen molar-refractivity contribution in [3.05, 3.63) is 62.3 Å². The Bertz CT molecular complexity index is 1210. The zero-order valence-electron chi connectivity index (χ0n) is 18.0. The summed E-state index contributed by atoms with van der Waals surface area (Å²) in [5, 5.41) is 14.6. The number of aliphatic hydroxyl groups is 1. The number of carbonyl (C=O) groups excluding carboxylic acids is 2. The van der Waals surface area contributed by atoms with Crippen LogP contribution in [0, 0.1) is 17.5 Å². The lowest BCUT2D eigenvalue weighted by atomic mass is 10.1. The molecule has 2 aliphatic rings. The Hall–Kier alpha value is -3.54. The normalized spacial score (nSPS) is 19.1. The van der Waals surface area contributed by atoms with Gasteiger partial charge < -0.3 is 20.1 Å². The van der Waals surface area contributed by atoms with Crippen molar-refractivity contribution in [1.82, 2.24) is 14.9 Å². The third kappa shape index (κ3) is 3.32. The summed E-state index contributed by atoms with van der Waals surface area (Å²) in [6, 6.07) is 0.935. The molecule has 0 saturated carbocycles. The standard InChI is InChI=1S/C21H21F3N4O5/c1-4-26-9(2)27-8-14(29)16-15(18(30)19(33-3)17(21(26)32)28(16)27)20(31)25-7-11-12(23)5-10(22)6-13(11)24/h5-6,9,14,29H,4,7-8H2,1-3H3,(H,25,31). The predicted octanol–water partition coefficient (Wildman–Crippen LogP) is 1.01. The molecular formula is C21H21F3N4O5. The van der Waals surface area contributed by atoms with Crippen LogP contribution in [0.3, 0.4) is 0 Å². The molecule has 1 aromatic heterocycles. The van der Waals surface area contributed by atoms with E-state index in [1.807, 2.05) is 0 Å². The number of hydrogen-bond acceptors (Lipinski definition) is 6. The molecule has 2 aliphatic heterocycles. The van der Waals surface area contributed by atoms with Gasteiger partial charge in [-0.25, -0.2) is 17.8 Å². The van der Waals surface area contributed by atoms with Gasteiger partial charge in [-0.1, -0.05) is 0 Å². The largest absolute Gasteiger partial charge is 0.491 e. The third-order valence-corrected chi connectivity index (χ3v) is 5.93. The van der Waals surface area contributed by atoms with E-state index in [0.29, 0.717) is 18.7 Å². The van der Waals surface area contributed by atoms with E-state index in [2.05, 4.69) is 5.32 Å². The Morgan fingerprint density at radius 1 is 1.24 bits per heavy atom. The van der Waals surface area contributed by atoms with Gasteiger partial charge in [0.25, 0.3) is 11.8 Å². The fraction of sp³-hybridized carbons (Fsp3) is 0.381. The summed E-state index contributed by atoms with van der Waals surface area (Å²) < 4.78 is 47.5. The summed E-state index contributed by atoms with van der Waals surface area (Å²) in [6.45, 7) is 3.13. The summed E-state index contributed by atoms with van der Waals surface area (Å²) in [6.07, 6.45) is -1.79. The van der Waals surface area contributed by atoms with Crippen LogP contribution in [0.4, 0.5) is 13.2 Å². The number of halogens is 3. The summed E-state index contributed by atoms with van der Waals surface area (Å²) in [5.74, 6) is -5.46. The van der Waals surface area contributed by atoms with Gasteiger partial charge >= 0.3 is 0 Å². The second-order valence-corrected chi connectivity index (χ2v) is 7.67. The van der Waals surface area contributed by atoms with Crippen molar-refractivity contribution >= 4 is 11.8 Å². The van der Waals surface area contributed by atoms with Gasteiger partial charge in [0.05, 0.1) is 19.3 Å². The number of methoxy groups -OCH3 is 1. The average Bonchev–Trinajstić information content (AvgIpc) is 3.08. The molecule has 176 valence electrons. The van der Waals surface area contributed by atoms with Crippen molar-refractivity contribution < 1.29 is 32.6 Å². The summed E-state index contributed by atoms with van der Waals surface area (Å²) in [5.41, 5.74) is -2.31. The van der Waals surface area contributed by atoms with Crippen LogP contribution in [0.2, 0.25) is 0 Å². The van der Waals surface area contributed by atoms with Crippen LogP contribution in [0.15, 0.2) is 16.9 Å². The lowest BCUT2D eigenvalue weighted by Gasteiger charge is -2.42. The molecule has 2 aromatic rings. The summed E-state index contributed by atoms with van der Waals surface area (Å²) in [7, 11) is 1.17. The molecule has 0 saturated heterocycles. The SMILES string of the molecule is CCN1C(=O)c2c(OC)c(=O)c(C(=O)NCc3c(F)cc(F)cc3F)c3n2N(CC3O)C1C. The van der Waals surface area contributed by atoms with Gasteiger partial charge in [-0.3, -0.25) is 19.4 Å². The molecule has 2 N–H and O–H groups in total. The first kappa shape index (κ1) is 22.6. The van der Waals surface area contributed by atoms with E-state index in [0.717, 1.165) is 0 Å². The highest BCUT2D eigenvalue weighted by Gasteiger charge is 2.46. The van der Waals surface area contributed by atoms with E-state index < -0.39 is 70.4 Å². The number of nitrogens with zero attached hydrogens (tertiary/aromatic N) is 3. The van der Waals surface area contributed by atoms with Gasteiger partial charge in [0.15, 0.2) is 11.4 Å². The molecule has 0 radical (unpaired) electrons. The van der Waals surface area contributed by atoms with Crippen molar-refractivity contribution in [2.45, 2.75) is 32.7 Å². The van der Waals surface area contributed by atoms with Crippen molar-refractivity contribution in [2.24, 2.45) is 0 Å². The Balaban J connectivity index is 1.82. The Kier molecular flexibility index (Phi) is 5.56. The van der Waals surface area contributed by atoms with Crippen LogP contribution in [0.5, 0.6) is 5.75 Å². The van der Waals surface area contributed by atoms with E-state index in [9.17, 15) is 32.7 Å². The molecule has 33 heavy (non-hydrogen) atoms. The van der Waals surface area contributed by atoms with Gasteiger partial charge in [-0.05, 0) is 13.8 Å². The highest BCUT2D eigenvalue weighted by molar-refractivity contribution is 6.01. The number of aromatic nitrogens is 1. The molecular weight excluding hydrogens is 445 g/mol. The molecule has 0 fully saturated rings. The van der Waals surface area contributed by atoms with Crippen molar-refractivity contribution in [3.8, 4) is 5.75 Å². The van der Waals surface area contributed by atoms with Crippen molar-refractivity contribution in [2.75, 3.05) is 25.2 Å². The minimum absolute atomic E-state index is 0.00788. The fourth-order valence-electron chi connectivity index (χ4n) is 4.37. The zero-order valence-corrected chi connectivity index (χ0v) is 18.0. The van der Waals surface area contributed by atoms with E-state index in [-0.39, 0.29) is 17.9 Å². The maximum Gasteiger partial charge on any atom is 0.278 e. The van der Waals surface area contributed by atoms with Crippen LogP contribution < -0.4 is 20.5 Å². The molecule has 2 unspecified atom stereocenters. The third-order valence-electron chi connectivity index (χ3n) is 5.93. The first-order chi connectivity index (χ1) is 15.6. The molecule has 0 aliphatic carbocycles. The Labute approximate surface area is 185 Å². The van der Waals surface area contributed by atoms with E-state index in [1.54, 1.807) is 18.9 Å². The van der Waals surface area contributed by atoms with Crippen LogP contribution in [0.1, 0.15) is 52.1 Å². The molecule has 9 nitrogen and oxygen atoms in total. The number of benzene rings is 1. The number of nitrogens with one attached hydrogen (secondary N) is 1. The highest BCUT2D eigenvalue weighted by atomic mass is 19.1. The lowest BCUT2D eigenvalue weighted by molar-refractivity contribution is 0.0606. The zero-order chi connectivity index (χ0) is 24.2. The van der Waals surface area contributed by atoms with Crippen LogP contribution in [-0.2, 0) is 6.54 Å². The van der Waals surface area contributed by atoms with E-state index in [4.69, 9.17) is 4.74 Å². The molecule has 3 heterocycles. The van der Waals surface area contributed by atoms with Crippen molar-refractivity contribution in [1.29, 1.82) is 0 Å². The van der Waals surface area contributed by atoms with Crippen LogP contribution in [-0.4, -0.2) is 52.9 Å². The number of ether oxygens (including phenoxy) is 1. The second kappa shape index (κ2) is 8.10. The van der Waals surface area contributed by atoms with Crippen LogP contribution >= 0.6 is 0 Å². The topological polar surface area (TPSA) is 104 Å². The fourth-order valence-corrected chi connectivity index (χ4v) is 4.37. The summed E-state index contributed by atoms with van der Waals surface area (Å²) >= 11 is 0. The lowest BCUT2D eigenvalue weighted by Crippen LogP contribution is -2.59. The Morgan fingerprint density at radius 3 is 2.45 bits per heavy atom. The smallest absolute Gasteiger partial charge is 0.278 e. The maximum absolute atomic E-state index is 14.0. The quantitative estimate of drug-likeness (QED) is 0.682. The van der Waals surface area contributed by atoms with Gasteiger partial charge in [0.2, 0.25) is 5.43 Å².